The summed E-state index contributed by atoms with van der Waals surface area (Å²) in [6.07, 6.45) is 1.33. The first-order valence-electron chi connectivity index (χ1n) is 7.58. The number of likely N-dealkylation sites (tertiary alicyclic amines) is 1. The third kappa shape index (κ3) is 2.93. The summed E-state index contributed by atoms with van der Waals surface area (Å²) in [6.45, 7) is 5.47. The Balaban J connectivity index is 1.60. The smallest absolute Gasteiger partial charge is 0.430 e. The second-order valence-electron chi connectivity index (χ2n) is 6.40. The largest absolute Gasteiger partial charge is 0.509 e. The Labute approximate surface area is 128 Å². The predicted octanol–water partition coefficient (Wildman–Crippen LogP) is 2.01. The number of carbonyl (C=O) groups is 2. The van der Waals surface area contributed by atoms with Crippen LogP contribution in [0.5, 0.6) is 0 Å². The van der Waals surface area contributed by atoms with Crippen molar-refractivity contribution in [1.29, 1.82) is 0 Å². The SMILES string of the molecule is CC(C)Cc1cc(C(=O)N2CCC3(CC2)COC(=O)O3)on1. The first kappa shape index (κ1) is 14.9. The Morgan fingerprint density at radius 3 is 2.73 bits per heavy atom. The maximum absolute atomic E-state index is 12.4. The van der Waals surface area contributed by atoms with Crippen molar-refractivity contribution in [2.24, 2.45) is 5.92 Å². The van der Waals surface area contributed by atoms with Crippen molar-refractivity contribution in [3.05, 3.63) is 17.5 Å². The van der Waals surface area contributed by atoms with Crippen LogP contribution in [0.1, 0.15) is 42.9 Å². The fourth-order valence-electron chi connectivity index (χ4n) is 2.87. The molecule has 0 aliphatic carbocycles. The van der Waals surface area contributed by atoms with E-state index < -0.39 is 11.8 Å². The van der Waals surface area contributed by atoms with Crippen LogP contribution in [-0.2, 0) is 15.9 Å². The summed E-state index contributed by atoms with van der Waals surface area (Å²) in [7, 11) is 0. The van der Waals surface area contributed by atoms with Gasteiger partial charge in [-0.15, -0.1) is 0 Å². The Hall–Kier alpha value is -2.05. The second kappa shape index (κ2) is 5.62. The van der Waals surface area contributed by atoms with Crippen molar-refractivity contribution < 1.29 is 23.6 Å². The molecule has 0 radical (unpaired) electrons. The maximum atomic E-state index is 12.4. The molecule has 2 aliphatic rings. The summed E-state index contributed by atoms with van der Waals surface area (Å²) in [5.74, 6) is 0.564. The van der Waals surface area contributed by atoms with Gasteiger partial charge in [0.15, 0.2) is 5.60 Å². The normalized spacial score (nSPS) is 20.3. The van der Waals surface area contributed by atoms with E-state index in [0.29, 0.717) is 31.8 Å². The summed E-state index contributed by atoms with van der Waals surface area (Å²) in [4.78, 5) is 25.2. The van der Waals surface area contributed by atoms with Gasteiger partial charge in [0.1, 0.15) is 6.61 Å². The first-order valence-corrected chi connectivity index (χ1v) is 7.58. The van der Waals surface area contributed by atoms with Crippen LogP contribution in [0.15, 0.2) is 10.6 Å². The first-order chi connectivity index (χ1) is 10.5. The number of piperidine rings is 1. The lowest BCUT2D eigenvalue weighted by Gasteiger charge is -2.35. The average molecular weight is 308 g/mol. The Kier molecular flexibility index (Phi) is 3.80. The zero-order chi connectivity index (χ0) is 15.7. The number of nitrogens with zero attached hydrogens (tertiary/aromatic N) is 2. The van der Waals surface area contributed by atoms with Crippen molar-refractivity contribution in [3.63, 3.8) is 0 Å². The molecule has 2 saturated heterocycles. The highest BCUT2D eigenvalue weighted by Crippen LogP contribution is 2.32. The van der Waals surface area contributed by atoms with Crippen LogP contribution in [0.2, 0.25) is 0 Å². The molecule has 1 aromatic rings. The molecule has 0 aromatic carbocycles. The highest BCUT2D eigenvalue weighted by atomic mass is 16.8. The van der Waals surface area contributed by atoms with Gasteiger partial charge in [0.2, 0.25) is 5.76 Å². The van der Waals surface area contributed by atoms with Crippen LogP contribution in [0, 0.1) is 5.92 Å². The molecular weight excluding hydrogens is 288 g/mol. The number of cyclic esters (lactones) is 1. The molecular formula is C15H20N2O5. The molecule has 7 nitrogen and oxygen atoms in total. The number of aromatic nitrogens is 1. The highest BCUT2D eigenvalue weighted by Gasteiger charge is 2.45. The summed E-state index contributed by atoms with van der Waals surface area (Å²) >= 11 is 0. The Bertz CT molecular complexity index is 572. The zero-order valence-corrected chi connectivity index (χ0v) is 12.8. The van der Waals surface area contributed by atoms with Gasteiger partial charge in [0.25, 0.3) is 5.91 Å². The summed E-state index contributed by atoms with van der Waals surface area (Å²) in [5, 5.41) is 3.94. The molecule has 2 aliphatic heterocycles. The van der Waals surface area contributed by atoms with Crippen LogP contribution in [0.3, 0.4) is 0 Å². The molecule has 3 heterocycles. The van der Waals surface area contributed by atoms with E-state index >= 15 is 0 Å². The molecule has 1 spiro atoms. The van der Waals surface area contributed by atoms with Gasteiger partial charge in [-0.1, -0.05) is 19.0 Å². The van der Waals surface area contributed by atoms with Crippen molar-refractivity contribution in [3.8, 4) is 0 Å². The van der Waals surface area contributed by atoms with Crippen LogP contribution in [-0.4, -0.2) is 47.4 Å². The molecule has 1 amide bonds. The maximum Gasteiger partial charge on any atom is 0.509 e. The van der Waals surface area contributed by atoms with E-state index in [2.05, 4.69) is 19.0 Å². The molecule has 0 unspecified atom stereocenters. The van der Waals surface area contributed by atoms with E-state index in [1.165, 1.54) is 0 Å². The van der Waals surface area contributed by atoms with E-state index in [1.54, 1.807) is 11.0 Å². The minimum absolute atomic E-state index is 0.164. The Morgan fingerprint density at radius 1 is 1.41 bits per heavy atom. The van der Waals surface area contributed by atoms with Gasteiger partial charge < -0.3 is 18.9 Å². The third-order valence-electron chi connectivity index (χ3n) is 4.10. The van der Waals surface area contributed by atoms with E-state index in [9.17, 15) is 9.59 Å². The molecule has 0 saturated carbocycles. The third-order valence-corrected chi connectivity index (χ3v) is 4.10. The van der Waals surface area contributed by atoms with Gasteiger partial charge in [-0.3, -0.25) is 4.79 Å². The summed E-state index contributed by atoms with van der Waals surface area (Å²) in [6, 6.07) is 1.71. The lowest BCUT2D eigenvalue weighted by Crippen LogP contribution is -2.48. The van der Waals surface area contributed by atoms with Crippen LogP contribution < -0.4 is 0 Å². The Morgan fingerprint density at radius 2 is 2.14 bits per heavy atom. The molecule has 0 atom stereocenters. The lowest BCUT2D eigenvalue weighted by molar-refractivity contribution is 0.00172. The van der Waals surface area contributed by atoms with Gasteiger partial charge >= 0.3 is 6.16 Å². The second-order valence-corrected chi connectivity index (χ2v) is 6.40. The van der Waals surface area contributed by atoms with E-state index in [4.69, 9.17) is 14.0 Å². The topological polar surface area (TPSA) is 81.9 Å². The lowest BCUT2D eigenvalue weighted by atomic mass is 9.92. The molecule has 22 heavy (non-hydrogen) atoms. The van der Waals surface area contributed by atoms with E-state index in [1.807, 2.05) is 0 Å². The summed E-state index contributed by atoms with van der Waals surface area (Å²) in [5.41, 5.74) is 0.239. The van der Waals surface area contributed by atoms with Crippen LogP contribution in [0.25, 0.3) is 0 Å². The minimum atomic E-state index is -0.617. The number of amides is 1. The fraction of sp³-hybridized carbons (Fsp3) is 0.667. The van der Waals surface area contributed by atoms with Gasteiger partial charge in [-0.25, -0.2) is 4.79 Å². The molecule has 2 fully saturated rings. The minimum Gasteiger partial charge on any atom is -0.430 e. The van der Waals surface area contributed by atoms with Gasteiger partial charge in [0, 0.05) is 32.0 Å². The molecule has 0 bridgehead atoms. The molecule has 1 aromatic heterocycles. The average Bonchev–Trinajstić information content (AvgIpc) is 3.06. The standard InChI is InChI=1S/C15H20N2O5/c1-10(2)7-11-8-12(22-16-11)13(18)17-5-3-15(4-6-17)9-20-14(19)21-15/h8,10H,3-7,9H2,1-2H3. The number of hydrogen-bond donors (Lipinski definition) is 0. The van der Waals surface area contributed by atoms with Crippen molar-refractivity contribution in [2.75, 3.05) is 19.7 Å². The van der Waals surface area contributed by atoms with Crippen molar-refractivity contribution >= 4 is 12.1 Å². The fourth-order valence-corrected chi connectivity index (χ4v) is 2.87. The molecule has 3 rings (SSSR count). The van der Waals surface area contributed by atoms with Crippen LogP contribution >= 0.6 is 0 Å². The number of hydrogen-bond acceptors (Lipinski definition) is 6. The van der Waals surface area contributed by atoms with Crippen molar-refractivity contribution in [1.82, 2.24) is 10.1 Å². The molecule has 0 N–H and O–H groups in total. The van der Waals surface area contributed by atoms with Crippen LogP contribution in [0.4, 0.5) is 4.79 Å². The van der Waals surface area contributed by atoms with Gasteiger partial charge in [-0.2, -0.15) is 0 Å². The summed E-state index contributed by atoms with van der Waals surface area (Å²) < 4.78 is 15.3. The van der Waals surface area contributed by atoms with Gasteiger partial charge in [0.05, 0.1) is 5.69 Å². The number of carbonyl (C=O) groups excluding carboxylic acids is 2. The van der Waals surface area contributed by atoms with E-state index in [0.717, 1.165) is 12.1 Å². The monoisotopic (exact) mass is 308 g/mol. The van der Waals surface area contributed by atoms with Crippen molar-refractivity contribution in [2.45, 2.75) is 38.7 Å². The van der Waals surface area contributed by atoms with Gasteiger partial charge in [-0.05, 0) is 12.3 Å². The number of ether oxygens (including phenoxy) is 2. The van der Waals surface area contributed by atoms with E-state index in [-0.39, 0.29) is 18.3 Å². The highest BCUT2D eigenvalue weighted by molar-refractivity contribution is 5.91. The molecule has 120 valence electrons. The predicted molar refractivity (Wildman–Crippen MR) is 75.3 cm³/mol. The molecule has 7 heteroatoms. The zero-order valence-electron chi connectivity index (χ0n) is 12.8. The quantitative estimate of drug-likeness (QED) is 0.795. The number of rotatable bonds is 3.